The molecule has 0 spiro atoms. The fourth-order valence-electron chi connectivity index (χ4n) is 4.28. The second-order valence-corrected chi connectivity index (χ2v) is 7.94. The first-order valence-corrected chi connectivity index (χ1v) is 10.4. The molecule has 32 heavy (non-hydrogen) atoms. The largest absolute Gasteiger partial charge is 0.497 e. The number of nitrogens with zero attached hydrogens (tertiary/aromatic N) is 5. The van der Waals surface area contributed by atoms with Gasteiger partial charge in [-0.3, -0.25) is 4.98 Å². The number of benzene rings is 2. The number of pyridine rings is 1. The Balaban J connectivity index is 1.61. The average Bonchev–Trinajstić information content (AvgIpc) is 3.31. The lowest BCUT2D eigenvalue weighted by atomic mass is 9.85. The highest BCUT2D eigenvalue weighted by Gasteiger charge is 2.41. The molecule has 0 amide bonds. The molecule has 1 N–H and O–H groups in total. The van der Waals surface area contributed by atoms with Crippen molar-refractivity contribution in [1.29, 1.82) is 0 Å². The van der Waals surface area contributed by atoms with Crippen LogP contribution in [0.25, 0.3) is 5.70 Å². The zero-order valence-corrected chi connectivity index (χ0v) is 17.7. The number of fused-ring (bicyclic) bond motifs is 3. The topological polar surface area (TPSA) is 87.0 Å². The number of anilines is 1. The first-order chi connectivity index (χ1) is 15.7. The fraction of sp³-hybridized carbons (Fsp3) is 0.130. The second-order valence-electron chi connectivity index (χ2n) is 7.50. The molecule has 4 aromatic rings. The molecule has 2 aromatic heterocycles. The van der Waals surface area contributed by atoms with Crippen LogP contribution < -0.4 is 14.8 Å². The molecule has 0 saturated heterocycles. The minimum Gasteiger partial charge on any atom is -0.497 e. The number of hydrogen-bond acceptors (Lipinski definition) is 7. The Labute approximate surface area is 188 Å². The van der Waals surface area contributed by atoms with Crippen LogP contribution in [0.4, 0.5) is 5.95 Å². The van der Waals surface area contributed by atoms with Crippen molar-refractivity contribution in [3.8, 4) is 11.5 Å². The molecular formula is C23H17ClN6O2. The van der Waals surface area contributed by atoms with E-state index >= 15 is 0 Å². The summed E-state index contributed by atoms with van der Waals surface area (Å²) in [4.78, 5) is 4.33. The molecule has 0 fully saturated rings. The predicted octanol–water partition coefficient (Wildman–Crippen LogP) is 4.29. The van der Waals surface area contributed by atoms with Crippen LogP contribution in [0.15, 0.2) is 72.6 Å². The zero-order chi connectivity index (χ0) is 21.7. The predicted molar refractivity (Wildman–Crippen MR) is 119 cm³/mol. The van der Waals surface area contributed by atoms with Crippen molar-refractivity contribution in [3.63, 3.8) is 0 Å². The third kappa shape index (κ3) is 2.91. The summed E-state index contributed by atoms with van der Waals surface area (Å²) >= 11 is 6.35. The molecule has 9 heteroatoms. The SMILES string of the molecule is COc1ccc(C2Oc3ccc(Cl)cc3C3=C2C(c2cccnc2)n2nnnc2N3)cc1. The Kier molecular flexibility index (Phi) is 4.32. The van der Waals surface area contributed by atoms with Crippen molar-refractivity contribution in [3.05, 3.63) is 94.3 Å². The molecule has 2 atom stereocenters. The van der Waals surface area contributed by atoms with Crippen LogP contribution in [-0.2, 0) is 0 Å². The van der Waals surface area contributed by atoms with E-state index in [-0.39, 0.29) is 12.1 Å². The van der Waals surface area contributed by atoms with E-state index in [2.05, 4.69) is 25.8 Å². The molecule has 2 unspecified atom stereocenters. The van der Waals surface area contributed by atoms with Gasteiger partial charge in [-0.25, -0.2) is 0 Å². The molecule has 158 valence electrons. The number of aromatic nitrogens is 5. The monoisotopic (exact) mass is 444 g/mol. The third-order valence-electron chi connectivity index (χ3n) is 5.71. The highest BCUT2D eigenvalue weighted by atomic mass is 35.5. The van der Waals surface area contributed by atoms with Crippen LogP contribution in [0.1, 0.15) is 28.8 Å². The maximum atomic E-state index is 6.56. The van der Waals surface area contributed by atoms with Gasteiger partial charge in [-0.15, -0.1) is 0 Å². The van der Waals surface area contributed by atoms with Gasteiger partial charge in [0.1, 0.15) is 23.6 Å². The maximum absolute atomic E-state index is 6.56. The Morgan fingerprint density at radius 3 is 2.75 bits per heavy atom. The van der Waals surface area contributed by atoms with Gasteiger partial charge in [0.2, 0.25) is 5.95 Å². The molecule has 2 aromatic carbocycles. The number of ether oxygens (including phenoxy) is 2. The number of rotatable bonds is 3. The lowest BCUT2D eigenvalue weighted by Gasteiger charge is -2.38. The van der Waals surface area contributed by atoms with Crippen LogP contribution in [0.3, 0.4) is 0 Å². The van der Waals surface area contributed by atoms with Gasteiger partial charge < -0.3 is 14.8 Å². The quantitative estimate of drug-likeness (QED) is 0.504. The second kappa shape index (κ2) is 7.35. The molecule has 2 aliphatic heterocycles. The summed E-state index contributed by atoms with van der Waals surface area (Å²) in [5.41, 5.74) is 4.64. The third-order valence-corrected chi connectivity index (χ3v) is 5.95. The Morgan fingerprint density at radius 2 is 1.97 bits per heavy atom. The van der Waals surface area contributed by atoms with Crippen LogP contribution in [0.2, 0.25) is 5.02 Å². The van der Waals surface area contributed by atoms with E-state index in [0.29, 0.717) is 11.0 Å². The summed E-state index contributed by atoms with van der Waals surface area (Å²) in [5, 5.41) is 16.4. The minimum atomic E-state index is -0.389. The molecule has 8 nitrogen and oxygen atoms in total. The van der Waals surface area contributed by atoms with Gasteiger partial charge in [-0.05, 0) is 58.0 Å². The van der Waals surface area contributed by atoms with Crippen molar-refractivity contribution in [1.82, 2.24) is 25.2 Å². The number of halogens is 1. The standard InChI is InChI=1S/C23H17ClN6O2/c1-31-16-7-4-13(5-8-16)22-19-20(17-11-15(24)6-9-18(17)32-22)26-23-27-28-29-30(23)21(19)14-3-2-10-25-12-14/h2-12,21-22H,1H3,(H,26,27,29). The molecule has 2 aliphatic rings. The molecule has 0 saturated carbocycles. The van der Waals surface area contributed by atoms with E-state index in [1.165, 1.54) is 0 Å². The number of hydrogen-bond donors (Lipinski definition) is 1. The van der Waals surface area contributed by atoms with Gasteiger partial charge >= 0.3 is 0 Å². The fourth-order valence-corrected chi connectivity index (χ4v) is 4.45. The van der Waals surface area contributed by atoms with Crippen molar-refractivity contribution in [2.24, 2.45) is 0 Å². The van der Waals surface area contributed by atoms with Gasteiger partial charge in [-0.2, -0.15) is 4.68 Å². The van der Waals surface area contributed by atoms with Crippen LogP contribution in [-0.4, -0.2) is 32.3 Å². The molecule has 0 bridgehead atoms. The number of tetrazole rings is 1. The number of nitrogens with one attached hydrogen (secondary N) is 1. The summed E-state index contributed by atoms with van der Waals surface area (Å²) in [7, 11) is 1.65. The van der Waals surface area contributed by atoms with Crippen molar-refractivity contribution in [2.75, 3.05) is 12.4 Å². The lowest BCUT2D eigenvalue weighted by Crippen LogP contribution is -2.32. The Bertz CT molecular complexity index is 1340. The van der Waals surface area contributed by atoms with E-state index in [4.69, 9.17) is 21.1 Å². The van der Waals surface area contributed by atoms with Crippen molar-refractivity contribution in [2.45, 2.75) is 12.1 Å². The maximum Gasteiger partial charge on any atom is 0.248 e. The van der Waals surface area contributed by atoms with E-state index < -0.39 is 0 Å². The van der Waals surface area contributed by atoms with Crippen molar-refractivity contribution < 1.29 is 9.47 Å². The summed E-state index contributed by atoms with van der Waals surface area (Å²) in [6.45, 7) is 0. The average molecular weight is 445 g/mol. The van der Waals surface area contributed by atoms with E-state index in [1.54, 1.807) is 18.0 Å². The van der Waals surface area contributed by atoms with E-state index in [0.717, 1.165) is 39.5 Å². The highest BCUT2D eigenvalue weighted by Crippen LogP contribution is 2.50. The minimum absolute atomic E-state index is 0.316. The summed E-state index contributed by atoms with van der Waals surface area (Å²) in [6.07, 6.45) is 3.18. The summed E-state index contributed by atoms with van der Waals surface area (Å²) in [6, 6.07) is 17.1. The summed E-state index contributed by atoms with van der Waals surface area (Å²) in [5.74, 6) is 2.05. The zero-order valence-electron chi connectivity index (χ0n) is 16.9. The van der Waals surface area contributed by atoms with Crippen LogP contribution in [0.5, 0.6) is 11.5 Å². The van der Waals surface area contributed by atoms with E-state index in [9.17, 15) is 0 Å². The van der Waals surface area contributed by atoms with Crippen LogP contribution in [0, 0.1) is 0 Å². The summed E-state index contributed by atoms with van der Waals surface area (Å²) < 4.78 is 13.7. The van der Waals surface area contributed by atoms with Gasteiger partial charge in [0, 0.05) is 28.6 Å². The molecular weight excluding hydrogens is 428 g/mol. The lowest BCUT2D eigenvalue weighted by molar-refractivity contribution is 0.222. The molecule has 4 heterocycles. The van der Waals surface area contributed by atoms with Crippen molar-refractivity contribution >= 4 is 23.2 Å². The Morgan fingerprint density at radius 1 is 1.09 bits per heavy atom. The normalized spacial score (nSPS) is 18.7. The first-order valence-electron chi connectivity index (χ1n) is 10.0. The first kappa shape index (κ1) is 18.8. The van der Waals surface area contributed by atoms with Crippen LogP contribution >= 0.6 is 11.6 Å². The smallest absolute Gasteiger partial charge is 0.248 e. The highest BCUT2D eigenvalue weighted by molar-refractivity contribution is 6.30. The van der Waals surface area contributed by atoms with Gasteiger partial charge in [0.25, 0.3) is 0 Å². The van der Waals surface area contributed by atoms with Gasteiger partial charge in [0.05, 0.1) is 12.8 Å². The molecule has 6 rings (SSSR count). The number of methoxy groups -OCH3 is 1. The van der Waals surface area contributed by atoms with E-state index in [1.807, 2.05) is 60.8 Å². The van der Waals surface area contributed by atoms with Gasteiger partial charge in [-0.1, -0.05) is 34.9 Å². The molecule has 0 aliphatic carbocycles. The van der Waals surface area contributed by atoms with Gasteiger partial charge in [0.15, 0.2) is 0 Å². The molecule has 0 radical (unpaired) electrons. The Hall–Kier alpha value is -3.91.